The van der Waals surface area contributed by atoms with Crippen LogP contribution in [0, 0.1) is 0 Å². The van der Waals surface area contributed by atoms with Gasteiger partial charge in [0.25, 0.3) is 0 Å². The van der Waals surface area contributed by atoms with Crippen LogP contribution in [-0.2, 0) is 0 Å². The zero-order valence-corrected chi connectivity index (χ0v) is 10.7. The Morgan fingerprint density at radius 1 is 1.29 bits per heavy atom. The van der Waals surface area contributed by atoms with Crippen molar-refractivity contribution in [1.29, 1.82) is 0 Å². The van der Waals surface area contributed by atoms with Gasteiger partial charge in [0.1, 0.15) is 0 Å². The molecule has 0 bridgehead atoms. The van der Waals surface area contributed by atoms with Gasteiger partial charge in [-0.2, -0.15) is 0 Å². The molecule has 0 unspecified atom stereocenters. The van der Waals surface area contributed by atoms with E-state index in [2.05, 4.69) is 32.6 Å². The van der Waals surface area contributed by atoms with E-state index in [9.17, 15) is 0 Å². The Kier molecular flexibility index (Phi) is 7.11. The summed E-state index contributed by atoms with van der Waals surface area (Å²) >= 11 is 4.91. The minimum Gasteiger partial charge on any atom is -0.393 e. The second-order valence-corrected chi connectivity index (χ2v) is 4.54. The van der Waals surface area contributed by atoms with Crippen molar-refractivity contribution in [2.75, 3.05) is 6.54 Å². The Labute approximate surface area is 93.8 Å². The summed E-state index contributed by atoms with van der Waals surface area (Å²) in [6, 6.07) is 1.25. The van der Waals surface area contributed by atoms with Crippen molar-refractivity contribution < 1.29 is 0 Å². The Bertz CT molecular complexity index is 165. The van der Waals surface area contributed by atoms with Crippen LogP contribution >= 0.6 is 12.2 Å². The Morgan fingerprint density at radius 3 is 2.07 bits per heavy atom. The first kappa shape index (κ1) is 13.8. The highest BCUT2D eigenvalue weighted by molar-refractivity contribution is 7.80. The summed E-state index contributed by atoms with van der Waals surface area (Å²) in [6.07, 6.45) is 3.24. The van der Waals surface area contributed by atoms with Crippen LogP contribution in [0.3, 0.4) is 0 Å². The van der Waals surface area contributed by atoms with Crippen molar-refractivity contribution in [1.82, 2.24) is 4.90 Å². The van der Waals surface area contributed by atoms with Crippen molar-refractivity contribution in [3.05, 3.63) is 0 Å². The fraction of sp³-hybridized carbons (Fsp3) is 0.909. The summed E-state index contributed by atoms with van der Waals surface area (Å²) in [4.78, 5) is 3.13. The molecule has 0 saturated carbocycles. The minimum absolute atomic E-state index is 0.578. The maximum atomic E-state index is 5.53. The quantitative estimate of drug-likeness (QED) is 0.663. The number of nitrogens with zero attached hydrogens (tertiary/aromatic N) is 1. The molecule has 0 amide bonds. The first-order chi connectivity index (χ1) is 6.52. The topological polar surface area (TPSA) is 29.3 Å². The standard InChI is InChI=1S/C11H24N2S/c1-5-10(6-2)13(9(3)4)8-7-11(12)14/h9-10H,5-8H2,1-4H3,(H2,12,14). The first-order valence-corrected chi connectivity index (χ1v) is 5.97. The molecular formula is C11H24N2S. The van der Waals surface area contributed by atoms with Crippen LogP contribution in [0.2, 0.25) is 0 Å². The van der Waals surface area contributed by atoms with E-state index in [-0.39, 0.29) is 0 Å². The van der Waals surface area contributed by atoms with Crippen LogP contribution < -0.4 is 5.73 Å². The minimum atomic E-state index is 0.578. The van der Waals surface area contributed by atoms with Crippen LogP contribution in [0.1, 0.15) is 47.0 Å². The van der Waals surface area contributed by atoms with E-state index < -0.39 is 0 Å². The molecule has 84 valence electrons. The van der Waals surface area contributed by atoms with E-state index >= 15 is 0 Å². The molecule has 0 aromatic carbocycles. The highest BCUT2D eigenvalue weighted by Crippen LogP contribution is 2.12. The van der Waals surface area contributed by atoms with Crippen LogP contribution in [0.15, 0.2) is 0 Å². The van der Waals surface area contributed by atoms with Gasteiger partial charge in [0, 0.05) is 25.0 Å². The normalized spacial score (nSPS) is 11.6. The van der Waals surface area contributed by atoms with Gasteiger partial charge in [-0.15, -0.1) is 0 Å². The lowest BCUT2D eigenvalue weighted by molar-refractivity contribution is 0.149. The van der Waals surface area contributed by atoms with Gasteiger partial charge in [0.15, 0.2) is 0 Å². The van der Waals surface area contributed by atoms with Gasteiger partial charge in [0.2, 0.25) is 0 Å². The maximum Gasteiger partial charge on any atom is 0.0740 e. The van der Waals surface area contributed by atoms with Crippen LogP contribution in [0.4, 0.5) is 0 Å². The lowest BCUT2D eigenvalue weighted by Gasteiger charge is -2.33. The molecule has 0 aromatic rings. The Balaban J connectivity index is 4.19. The Hall–Kier alpha value is -0.150. The van der Waals surface area contributed by atoms with Gasteiger partial charge >= 0.3 is 0 Å². The zero-order chi connectivity index (χ0) is 11.1. The lowest BCUT2D eigenvalue weighted by atomic mass is 10.1. The number of rotatable bonds is 7. The van der Waals surface area contributed by atoms with Gasteiger partial charge in [-0.3, -0.25) is 4.90 Å². The van der Waals surface area contributed by atoms with Crippen molar-refractivity contribution in [2.45, 2.75) is 59.0 Å². The summed E-state index contributed by atoms with van der Waals surface area (Å²) in [7, 11) is 0. The monoisotopic (exact) mass is 216 g/mol. The molecule has 0 fully saturated rings. The van der Waals surface area contributed by atoms with E-state index in [0.29, 0.717) is 17.1 Å². The fourth-order valence-corrected chi connectivity index (χ4v) is 1.95. The van der Waals surface area contributed by atoms with E-state index in [1.54, 1.807) is 0 Å². The molecular weight excluding hydrogens is 192 g/mol. The number of thiocarbonyl (C=S) groups is 1. The summed E-state index contributed by atoms with van der Waals surface area (Å²) in [5, 5.41) is 0. The number of hydrogen-bond donors (Lipinski definition) is 1. The molecule has 0 aliphatic heterocycles. The zero-order valence-electron chi connectivity index (χ0n) is 9.92. The van der Waals surface area contributed by atoms with Gasteiger partial charge in [-0.05, 0) is 26.7 Å². The average Bonchev–Trinajstić information content (AvgIpc) is 2.11. The molecule has 0 aliphatic carbocycles. The third-order valence-electron chi connectivity index (χ3n) is 2.69. The number of hydrogen-bond acceptors (Lipinski definition) is 2. The summed E-state index contributed by atoms with van der Waals surface area (Å²) in [5.41, 5.74) is 5.53. The molecule has 0 rings (SSSR count). The fourth-order valence-electron chi connectivity index (χ4n) is 1.86. The largest absolute Gasteiger partial charge is 0.393 e. The van der Waals surface area contributed by atoms with Gasteiger partial charge in [0.05, 0.1) is 4.99 Å². The second-order valence-electron chi connectivity index (χ2n) is 4.02. The van der Waals surface area contributed by atoms with E-state index in [1.807, 2.05) is 0 Å². The van der Waals surface area contributed by atoms with E-state index in [4.69, 9.17) is 18.0 Å². The van der Waals surface area contributed by atoms with Crippen LogP contribution in [-0.4, -0.2) is 28.5 Å². The lowest BCUT2D eigenvalue weighted by Crippen LogP contribution is -2.41. The predicted molar refractivity (Wildman–Crippen MR) is 67.6 cm³/mol. The maximum absolute atomic E-state index is 5.53. The first-order valence-electron chi connectivity index (χ1n) is 5.56. The molecule has 0 aliphatic rings. The van der Waals surface area contributed by atoms with E-state index in [0.717, 1.165) is 13.0 Å². The average molecular weight is 216 g/mol. The van der Waals surface area contributed by atoms with Crippen molar-refractivity contribution in [2.24, 2.45) is 5.73 Å². The molecule has 0 radical (unpaired) electrons. The third kappa shape index (κ3) is 4.91. The molecule has 2 N–H and O–H groups in total. The highest BCUT2D eigenvalue weighted by atomic mass is 32.1. The predicted octanol–water partition coefficient (Wildman–Crippen LogP) is 2.56. The number of nitrogens with two attached hydrogens (primary N) is 1. The molecule has 2 nitrogen and oxygen atoms in total. The van der Waals surface area contributed by atoms with Crippen molar-refractivity contribution in [3.8, 4) is 0 Å². The van der Waals surface area contributed by atoms with Gasteiger partial charge in [-0.1, -0.05) is 26.1 Å². The second kappa shape index (κ2) is 7.18. The molecule has 0 atom stereocenters. The third-order valence-corrected chi connectivity index (χ3v) is 2.90. The summed E-state index contributed by atoms with van der Waals surface area (Å²) in [5.74, 6) is 0. The molecule has 0 aromatic heterocycles. The van der Waals surface area contributed by atoms with Gasteiger partial charge in [-0.25, -0.2) is 0 Å². The van der Waals surface area contributed by atoms with Crippen LogP contribution in [0.5, 0.6) is 0 Å². The smallest absolute Gasteiger partial charge is 0.0740 e. The van der Waals surface area contributed by atoms with Crippen molar-refractivity contribution >= 4 is 17.2 Å². The van der Waals surface area contributed by atoms with Crippen molar-refractivity contribution in [3.63, 3.8) is 0 Å². The van der Waals surface area contributed by atoms with Gasteiger partial charge < -0.3 is 5.73 Å². The SMILES string of the molecule is CCC(CC)N(CCC(N)=S)C(C)C. The molecule has 0 heterocycles. The molecule has 0 spiro atoms. The molecule has 3 heteroatoms. The molecule has 14 heavy (non-hydrogen) atoms. The van der Waals surface area contributed by atoms with E-state index in [1.165, 1.54) is 12.8 Å². The molecule has 0 saturated heterocycles. The van der Waals surface area contributed by atoms with Crippen LogP contribution in [0.25, 0.3) is 0 Å². The Morgan fingerprint density at radius 2 is 1.79 bits per heavy atom. The highest BCUT2D eigenvalue weighted by Gasteiger charge is 2.17. The summed E-state index contributed by atoms with van der Waals surface area (Å²) < 4.78 is 0. The summed E-state index contributed by atoms with van der Waals surface area (Å²) in [6.45, 7) is 9.95.